The maximum absolute atomic E-state index is 13.2. The van der Waals surface area contributed by atoms with E-state index in [2.05, 4.69) is 39.2 Å². The predicted octanol–water partition coefficient (Wildman–Crippen LogP) is 3.54. The lowest BCUT2D eigenvalue weighted by molar-refractivity contribution is -0.125. The molecule has 1 aliphatic heterocycles. The Morgan fingerprint density at radius 2 is 2.07 bits per heavy atom. The van der Waals surface area contributed by atoms with Crippen LogP contribution in [0.25, 0.3) is 11.0 Å². The molecule has 0 atom stereocenters. The molecule has 0 unspecified atom stereocenters. The smallest absolute Gasteiger partial charge is 0.223 e. The molecule has 5 nitrogen and oxygen atoms in total. The fraction of sp³-hybridized carbons (Fsp3) is 0.333. The number of aromatic amines is 1. The van der Waals surface area contributed by atoms with Crippen LogP contribution in [0.2, 0.25) is 0 Å². The van der Waals surface area contributed by atoms with Gasteiger partial charge >= 0.3 is 0 Å². The van der Waals surface area contributed by atoms with Crippen LogP contribution < -0.4 is 10.2 Å². The van der Waals surface area contributed by atoms with Crippen molar-refractivity contribution in [1.29, 1.82) is 0 Å². The first-order chi connectivity index (χ1) is 13.1. The molecule has 27 heavy (non-hydrogen) atoms. The van der Waals surface area contributed by atoms with Crippen LogP contribution in [-0.2, 0) is 11.3 Å². The predicted molar refractivity (Wildman–Crippen MR) is 104 cm³/mol. The third kappa shape index (κ3) is 3.94. The van der Waals surface area contributed by atoms with Gasteiger partial charge in [-0.2, -0.15) is 0 Å². The van der Waals surface area contributed by atoms with Crippen molar-refractivity contribution in [2.24, 2.45) is 5.92 Å². The van der Waals surface area contributed by atoms with E-state index in [0.29, 0.717) is 6.54 Å². The van der Waals surface area contributed by atoms with Crippen LogP contribution >= 0.6 is 0 Å². The van der Waals surface area contributed by atoms with E-state index in [1.54, 1.807) is 6.07 Å². The molecule has 3 aromatic rings. The van der Waals surface area contributed by atoms with Crippen molar-refractivity contribution >= 4 is 22.9 Å². The number of benzene rings is 2. The Balaban J connectivity index is 1.33. The molecule has 1 aliphatic rings. The molecule has 4 rings (SSSR count). The van der Waals surface area contributed by atoms with E-state index in [1.165, 1.54) is 17.7 Å². The maximum Gasteiger partial charge on any atom is 0.223 e. The first-order valence-corrected chi connectivity index (χ1v) is 9.32. The summed E-state index contributed by atoms with van der Waals surface area (Å²) in [6.07, 6.45) is 1.57. The molecule has 2 heterocycles. The van der Waals surface area contributed by atoms with Crippen LogP contribution in [0, 0.1) is 18.7 Å². The number of imidazole rings is 1. The van der Waals surface area contributed by atoms with Crippen molar-refractivity contribution in [1.82, 2.24) is 15.3 Å². The molecular weight excluding hydrogens is 343 g/mol. The summed E-state index contributed by atoms with van der Waals surface area (Å²) in [5.74, 6) is 0.617. The van der Waals surface area contributed by atoms with E-state index in [9.17, 15) is 9.18 Å². The van der Waals surface area contributed by atoms with E-state index >= 15 is 0 Å². The van der Waals surface area contributed by atoms with Crippen LogP contribution in [0.3, 0.4) is 0 Å². The van der Waals surface area contributed by atoms with Crippen molar-refractivity contribution in [2.45, 2.75) is 26.3 Å². The summed E-state index contributed by atoms with van der Waals surface area (Å²) in [4.78, 5) is 22.7. The molecule has 2 N–H and O–H groups in total. The van der Waals surface area contributed by atoms with Gasteiger partial charge in [0.05, 0.1) is 11.0 Å². The maximum atomic E-state index is 13.2. The van der Waals surface area contributed by atoms with Gasteiger partial charge in [-0.15, -0.1) is 0 Å². The van der Waals surface area contributed by atoms with Crippen molar-refractivity contribution < 1.29 is 9.18 Å². The molecule has 0 saturated carbocycles. The summed E-state index contributed by atoms with van der Waals surface area (Å²) in [5, 5.41) is 2.93. The van der Waals surface area contributed by atoms with Gasteiger partial charge in [0.15, 0.2) is 0 Å². The monoisotopic (exact) mass is 366 g/mol. The number of nitrogens with zero attached hydrogens (tertiary/aromatic N) is 2. The molecule has 0 spiro atoms. The Bertz CT molecular complexity index is 960. The lowest BCUT2D eigenvalue weighted by Gasteiger charge is -2.31. The molecule has 1 aromatic heterocycles. The molecule has 2 aromatic carbocycles. The quantitative estimate of drug-likeness (QED) is 0.742. The lowest BCUT2D eigenvalue weighted by atomic mass is 9.96. The van der Waals surface area contributed by atoms with Crippen LogP contribution in [0.4, 0.5) is 10.3 Å². The van der Waals surface area contributed by atoms with Gasteiger partial charge in [0.1, 0.15) is 5.82 Å². The number of amides is 1. The van der Waals surface area contributed by atoms with Gasteiger partial charge in [-0.1, -0.05) is 18.2 Å². The molecular formula is C21H23FN4O. The Morgan fingerprint density at radius 3 is 2.85 bits per heavy atom. The van der Waals surface area contributed by atoms with Crippen LogP contribution in [-0.4, -0.2) is 29.0 Å². The Labute approximate surface area is 157 Å². The molecule has 0 bridgehead atoms. The minimum atomic E-state index is -0.281. The van der Waals surface area contributed by atoms with Crippen molar-refractivity contribution in [3.63, 3.8) is 0 Å². The van der Waals surface area contributed by atoms with Crippen LogP contribution in [0.15, 0.2) is 42.5 Å². The number of aryl methyl sites for hydroxylation is 1. The molecule has 140 valence electrons. The summed E-state index contributed by atoms with van der Waals surface area (Å²) in [7, 11) is 0. The second-order valence-electron chi connectivity index (χ2n) is 7.19. The summed E-state index contributed by atoms with van der Waals surface area (Å²) < 4.78 is 13.2. The second-order valence-corrected chi connectivity index (χ2v) is 7.19. The first kappa shape index (κ1) is 17.5. The fourth-order valence-electron chi connectivity index (χ4n) is 3.59. The number of piperidine rings is 1. The average molecular weight is 366 g/mol. The topological polar surface area (TPSA) is 61.0 Å². The highest BCUT2D eigenvalue weighted by molar-refractivity contribution is 5.80. The number of fused-ring (bicyclic) bond motifs is 1. The normalized spacial score (nSPS) is 15.3. The summed E-state index contributed by atoms with van der Waals surface area (Å²) >= 11 is 0. The van der Waals surface area contributed by atoms with Crippen molar-refractivity contribution in [3.8, 4) is 0 Å². The molecule has 6 heteroatoms. The Hall–Kier alpha value is -2.89. The third-order valence-corrected chi connectivity index (χ3v) is 5.15. The number of nitrogens with one attached hydrogen (secondary N) is 2. The number of aromatic nitrogens is 2. The lowest BCUT2D eigenvalue weighted by Crippen LogP contribution is -2.40. The highest BCUT2D eigenvalue weighted by Crippen LogP contribution is 2.24. The molecule has 1 amide bonds. The largest absolute Gasteiger partial charge is 0.352 e. The highest BCUT2D eigenvalue weighted by atomic mass is 19.1. The summed E-state index contributed by atoms with van der Waals surface area (Å²) in [5.41, 5.74) is 3.98. The van der Waals surface area contributed by atoms with E-state index in [-0.39, 0.29) is 17.6 Å². The van der Waals surface area contributed by atoms with E-state index < -0.39 is 0 Å². The SMILES string of the molecule is Cc1ccc2nc(N3CCC(C(=O)NCc4cccc(F)c4)CC3)[nH]c2c1. The van der Waals surface area contributed by atoms with Gasteiger partial charge in [-0.3, -0.25) is 4.79 Å². The van der Waals surface area contributed by atoms with Gasteiger partial charge in [0, 0.05) is 25.6 Å². The minimum Gasteiger partial charge on any atom is -0.352 e. The Kier molecular flexibility index (Phi) is 4.79. The standard InChI is InChI=1S/C21H23FN4O/c1-14-5-6-18-19(11-14)25-21(24-18)26-9-7-16(8-10-26)20(27)23-13-15-3-2-4-17(22)12-15/h2-6,11-12,16H,7-10,13H2,1H3,(H,23,27)(H,24,25). The first-order valence-electron chi connectivity index (χ1n) is 9.32. The van der Waals surface area contributed by atoms with E-state index in [0.717, 1.165) is 48.5 Å². The van der Waals surface area contributed by atoms with Crippen LogP contribution in [0.1, 0.15) is 24.0 Å². The van der Waals surface area contributed by atoms with E-state index in [1.807, 2.05) is 12.1 Å². The number of rotatable bonds is 4. The zero-order valence-electron chi connectivity index (χ0n) is 15.3. The number of carbonyl (C=O) groups excluding carboxylic acids is 1. The number of H-pyrrole nitrogens is 1. The zero-order chi connectivity index (χ0) is 18.8. The number of halogens is 1. The summed E-state index contributed by atoms with van der Waals surface area (Å²) in [6.45, 7) is 4.00. The van der Waals surface area contributed by atoms with Crippen molar-refractivity contribution in [2.75, 3.05) is 18.0 Å². The third-order valence-electron chi connectivity index (χ3n) is 5.15. The molecule has 0 radical (unpaired) electrons. The average Bonchev–Trinajstić information content (AvgIpc) is 3.09. The Morgan fingerprint density at radius 1 is 1.26 bits per heavy atom. The molecule has 0 aliphatic carbocycles. The van der Waals surface area contributed by atoms with Crippen LogP contribution in [0.5, 0.6) is 0 Å². The van der Waals surface area contributed by atoms with Crippen molar-refractivity contribution in [3.05, 3.63) is 59.4 Å². The number of hydrogen-bond acceptors (Lipinski definition) is 3. The minimum absolute atomic E-state index is 0.0126. The molecule has 1 saturated heterocycles. The van der Waals surface area contributed by atoms with E-state index in [4.69, 9.17) is 0 Å². The van der Waals surface area contributed by atoms with Gasteiger partial charge in [-0.25, -0.2) is 9.37 Å². The number of anilines is 1. The van der Waals surface area contributed by atoms with Gasteiger partial charge in [-0.05, 0) is 55.2 Å². The molecule has 1 fully saturated rings. The van der Waals surface area contributed by atoms with Gasteiger partial charge < -0.3 is 15.2 Å². The van der Waals surface area contributed by atoms with Gasteiger partial charge in [0.25, 0.3) is 0 Å². The highest BCUT2D eigenvalue weighted by Gasteiger charge is 2.26. The fourth-order valence-corrected chi connectivity index (χ4v) is 3.59. The summed E-state index contributed by atoms with van der Waals surface area (Å²) in [6, 6.07) is 12.5. The number of carbonyl (C=O) groups is 1. The number of hydrogen-bond donors (Lipinski definition) is 2. The van der Waals surface area contributed by atoms with Gasteiger partial charge in [0.2, 0.25) is 11.9 Å². The second kappa shape index (κ2) is 7.39. The zero-order valence-corrected chi connectivity index (χ0v) is 15.3.